The Labute approximate surface area is 207 Å². The summed E-state index contributed by atoms with van der Waals surface area (Å²) < 4.78 is 59.5. The first-order chi connectivity index (χ1) is 16.9. The lowest BCUT2D eigenvalue weighted by Crippen LogP contribution is -2.39. The topological polar surface area (TPSA) is 71.8 Å². The van der Waals surface area contributed by atoms with Gasteiger partial charge >= 0.3 is 12.3 Å². The van der Waals surface area contributed by atoms with E-state index in [4.69, 9.17) is 14.2 Å². The van der Waals surface area contributed by atoms with E-state index in [9.17, 15) is 18.0 Å². The Hall–Kier alpha value is -3.69. The molecule has 0 aliphatic heterocycles. The Morgan fingerprint density at radius 3 is 2.28 bits per heavy atom. The van der Waals surface area contributed by atoms with Crippen LogP contribution in [-0.2, 0) is 23.0 Å². The lowest BCUT2D eigenvalue weighted by atomic mass is 10.1. The minimum atomic E-state index is -4.73. The maximum Gasteiger partial charge on any atom is 0.573 e. The number of halogens is 3. The van der Waals surface area contributed by atoms with E-state index in [2.05, 4.69) is 9.84 Å². The summed E-state index contributed by atoms with van der Waals surface area (Å²) >= 11 is 0. The van der Waals surface area contributed by atoms with Crippen LogP contribution in [0.1, 0.15) is 32.0 Å². The van der Waals surface area contributed by atoms with Crippen LogP contribution in [0.5, 0.6) is 17.2 Å². The van der Waals surface area contributed by atoms with Crippen molar-refractivity contribution in [2.45, 2.75) is 46.1 Å². The van der Waals surface area contributed by atoms with Crippen LogP contribution >= 0.6 is 0 Å². The largest absolute Gasteiger partial charge is 0.573 e. The molecule has 7 nitrogen and oxygen atoms in total. The smallest absolute Gasteiger partial charge is 0.493 e. The molecule has 0 spiro atoms. The Kier molecular flexibility index (Phi) is 8.17. The quantitative estimate of drug-likeness (QED) is 0.332. The van der Waals surface area contributed by atoms with E-state index in [1.54, 1.807) is 44.6 Å². The van der Waals surface area contributed by atoms with Crippen LogP contribution in [0, 0.1) is 6.92 Å². The zero-order valence-electron chi connectivity index (χ0n) is 20.8. The number of carbonyl (C=O) groups is 1. The van der Waals surface area contributed by atoms with E-state index in [1.165, 1.54) is 24.3 Å². The van der Waals surface area contributed by atoms with Gasteiger partial charge in [-0.1, -0.05) is 0 Å². The molecule has 194 valence electrons. The highest BCUT2D eigenvalue weighted by molar-refractivity contribution is 5.79. The summed E-state index contributed by atoms with van der Waals surface area (Å²) in [5, 5.41) is 4.44. The van der Waals surface area contributed by atoms with E-state index in [1.807, 2.05) is 19.1 Å². The number of carbonyl (C=O) groups excluding carboxylic acids is 1. The molecule has 10 heteroatoms. The van der Waals surface area contributed by atoms with Gasteiger partial charge in [0.1, 0.15) is 17.2 Å². The predicted octanol–water partition coefficient (Wildman–Crippen LogP) is 5.64. The highest BCUT2D eigenvalue weighted by atomic mass is 19.4. The molecular formula is C26H29F3N2O5. The number of esters is 1. The maximum absolute atomic E-state index is 12.4. The van der Waals surface area contributed by atoms with Gasteiger partial charge in [0, 0.05) is 24.7 Å². The van der Waals surface area contributed by atoms with Gasteiger partial charge in [-0.3, -0.25) is 4.68 Å². The maximum atomic E-state index is 12.4. The summed E-state index contributed by atoms with van der Waals surface area (Å²) in [6.07, 6.45) is -4.17. The van der Waals surface area contributed by atoms with Crippen LogP contribution in [0.3, 0.4) is 0 Å². The van der Waals surface area contributed by atoms with Crippen LogP contribution in [0.2, 0.25) is 0 Å². The van der Waals surface area contributed by atoms with Crippen molar-refractivity contribution < 1.29 is 36.9 Å². The number of hydrogen-bond donors (Lipinski definition) is 0. The van der Waals surface area contributed by atoms with Gasteiger partial charge in [-0.2, -0.15) is 5.10 Å². The van der Waals surface area contributed by atoms with Crippen molar-refractivity contribution in [1.29, 1.82) is 0 Å². The van der Waals surface area contributed by atoms with Crippen molar-refractivity contribution >= 4 is 5.97 Å². The second kappa shape index (κ2) is 10.9. The van der Waals surface area contributed by atoms with E-state index in [-0.39, 0.29) is 12.4 Å². The molecule has 0 aliphatic carbocycles. The average molecular weight is 507 g/mol. The van der Waals surface area contributed by atoms with Gasteiger partial charge < -0.3 is 18.9 Å². The van der Waals surface area contributed by atoms with Crippen molar-refractivity contribution in [3.05, 3.63) is 59.8 Å². The molecule has 0 fully saturated rings. The second-order valence-corrected chi connectivity index (χ2v) is 8.58. The Morgan fingerprint density at radius 2 is 1.67 bits per heavy atom. The first-order valence-electron chi connectivity index (χ1n) is 11.4. The minimum Gasteiger partial charge on any atom is -0.493 e. The molecule has 0 amide bonds. The van der Waals surface area contributed by atoms with Gasteiger partial charge in [-0.05, 0) is 81.8 Å². The van der Waals surface area contributed by atoms with Gasteiger partial charge in [0.15, 0.2) is 5.60 Å². The van der Waals surface area contributed by atoms with Crippen molar-refractivity contribution in [2.75, 3.05) is 13.2 Å². The lowest BCUT2D eigenvalue weighted by molar-refractivity contribution is -0.274. The molecule has 0 saturated heterocycles. The summed E-state index contributed by atoms with van der Waals surface area (Å²) in [7, 11) is 1.79. The zero-order chi connectivity index (χ0) is 26.5. The number of aryl methyl sites for hydroxylation is 2. The first kappa shape index (κ1) is 26.9. The van der Waals surface area contributed by atoms with E-state index < -0.39 is 17.9 Å². The predicted molar refractivity (Wildman–Crippen MR) is 127 cm³/mol. The lowest BCUT2D eigenvalue weighted by Gasteiger charge is -2.25. The number of nitrogens with zero attached hydrogens (tertiary/aromatic N) is 2. The van der Waals surface area contributed by atoms with Crippen LogP contribution in [0.15, 0.2) is 48.5 Å². The van der Waals surface area contributed by atoms with Crippen LogP contribution in [-0.4, -0.2) is 40.9 Å². The van der Waals surface area contributed by atoms with Gasteiger partial charge in [0.05, 0.1) is 18.9 Å². The molecule has 36 heavy (non-hydrogen) atoms. The summed E-state index contributed by atoms with van der Waals surface area (Å²) in [6.45, 7) is 7.57. The molecule has 0 radical (unpaired) electrons. The molecule has 0 atom stereocenters. The molecular weight excluding hydrogens is 477 g/mol. The number of aromatic nitrogens is 2. The van der Waals surface area contributed by atoms with Gasteiger partial charge in [0.25, 0.3) is 0 Å². The molecule has 1 aromatic heterocycles. The molecule has 0 bridgehead atoms. The molecule has 0 unspecified atom stereocenters. The van der Waals surface area contributed by atoms with Crippen molar-refractivity contribution in [3.63, 3.8) is 0 Å². The fraction of sp³-hybridized carbons (Fsp3) is 0.385. The van der Waals surface area contributed by atoms with Gasteiger partial charge in [-0.15, -0.1) is 13.2 Å². The summed E-state index contributed by atoms with van der Waals surface area (Å²) in [4.78, 5) is 12.1. The third-order valence-electron chi connectivity index (χ3n) is 5.27. The highest BCUT2D eigenvalue weighted by Gasteiger charge is 2.32. The SMILES string of the molecule is CCOC(=O)C(C)(C)Oc1ccc(OCCc2cc(-c3ccc(OC(F)(F)F)cc3)nn2C)cc1C. The first-order valence-corrected chi connectivity index (χ1v) is 11.4. The van der Waals surface area contributed by atoms with Crippen molar-refractivity contribution in [2.24, 2.45) is 7.05 Å². The van der Waals surface area contributed by atoms with E-state index in [0.29, 0.717) is 35.8 Å². The number of hydrogen-bond acceptors (Lipinski definition) is 6. The third kappa shape index (κ3) is 7.16. The minimum absolute atomic E-state index is 0.277. The summed E-state index contributed by atoms with van der Waals surface area (Å²) in [5.74, 6) is 0.484. The van der Waals surface area contributed by atoms with Crippen LogP contribution < -0.4 is 14.2 Å². The van der Waals surface area contributed by atoms with Crippen molar-refractivity contribution in [1.82, 2.24) is 9.78 Å². The summed E-state index contributed by atoms with van der Waals surface area (Å²) in [6, 6.07) is 12.8. The molecule has 0 N–H and O–H groups in total. The van der Waals surface area contributed by atoms with E-state index >= 15 is 0 Å². The van der Waals surface area contributed by atoms with Gasteiger partial charge in [0.2, 0.25) is 0 Å². The standard InChI is InChI=1S/C26H29F3N2O5/c1-6-33-24(32)25(3,4)36-23-12-11-21(15-17(23)2)34-14-13-19-16-22(30-31(19)5)18-7-9-20(10-8-18)35-26(27,28)29/h7-12,15-16H,6,13-14H2,1-5H3. The molecule has 0 saturated carbocycles. The van der Waals surface area contributed by atoms with Crippen LogP contribution in [0.25, 0.3) is 11.3 Å². The molecule has 1 heterocycles. The van der Waals surface area contributed by atoms with Crippen LogP contribution in [0.4, 0.5) is 13.2 Å². The second-order valence-electron chi connectivity index (χ2n) is 8.58. The Morgan fingerprint density at radius 1 is 1.00 bits per heavy atom. The molecule has 3 aromatic rings. The highest BCUT2D eigenvalue weighted by Crippen LogP contribution is 2.28. The Bertz CT molecular complexity index is 1190. The zero-order valence-corrected chi connectivity index (χ0v) is 20.8. The normalized spacial score (nSPS) is 11.8. The number of alkyl halides is 3. The molecule has 0 aliphatic rings. The van der Waals surface area contributed by atoms with Crippen molar-refractivity contribution in [3.8, 4) is 28.5 Å². The molecule has 3 rings (SSSR count). The fourth-order valence-corrected chi connectivity index (χ4v) is 3.43. The third-order valence-corrected chi connectivity index (χ3v) is 5.27. The number of benzene rings is 2. The number of rotatable bonds is 10. The monoisotopic (exact) mass is 506 g/mol. The van der Waals surface area contributed by atoms with Gasteiger partial charge in [-0.25, -0.2) is 4.79 Å². The fourth-order valence-electron chi connectivity index (χ4n) is 3.43. The van der Waals surface area contributed by atoms with E-state index in [0.717, 1.165) is 11.3 Å². The Balaban J connectivity index is 1.58. The number of ether oxygens (including phenoxy) is 4. The summed E-state index contributed by atoms with van der Waals surface area (Å²) in [5.41, 5.74) is 1.89. The molecule has 2 aromatic carbocycles. The average Bonchev–Trinajstić information content (AvgIpc) is 3.15.